The number of nitrogens with zero attached hydrogens (tertiary/aromatic N) is 2. The number of ketones is 1. The summed E-state index contributed by atoms with van der Waals surface area (Å²) in [6, 6.07) is 2.84. The Morgan fingerprint density at radius 1 is 1.14 bits per heavy atom. The highest BCUT2D eigenvalue weighted by Crippen LogP contribution is 2.36. The lowest BCUT2D eigenvalue weighted by atomic mass is 10.1. The molecule has 0 aliphatic rings. The summed E-state index contributed by atoms with van der Waals surface area (Å²) in [7, 11) is 0. The first-order chi connectivity index (χ1) is 12.9. The molecule has 2 rings (SSSR count). The van der Waals surface area contributed by atoms with Gasteiger partial charge in [-0.15, -0.1) is 11.3 Å². The molecule has 154 valence electrons. The molecule has 0 aliphatic heterocycles. The van der Waals surface area contributed by atoms with Gasteiger partial charge in [0.25, 0.3) is 0 Å². The van der Waals surface area contributed by atoms with E-state index in [1.165, 1.54) is 18.3 Å². The second kappa shape index (κ2) is 8.69. The summed E-state index contributed by atoms with van der Waals surface area (Å²) in [5.41, 5.74) is -0.683. The van der Waals surface area contributed by atoms with Crippen molar-refractivity contribution in [3.05, 3.63) is 39.5 Å². The highest BCUT2D eigenvalue weighted by Gasteiger charge is 2.32. The number of carbonyl (C=O) groups is 1. The van der Waals surface area contributed by atoms with Crippen molar-refractivity contribution in [2.24, 2.45) is 0 Å². The van der Waals surface area contributed by atoms with E-state index < -0.39 is 17.6 Å². The van der Waals surface area contributed by atoms with Gasteiger partial charge in [-0.2, -0.15) is 13.2 Å². The number of alkyl halides is 3. The maximum absolute atomic E-state index is 13.9. The van der Waals surface area contributed by atoms with E-state index in [0.29, 0.717) is 23.3 Å². The summed E-state index contributed by atoms with van der Waals surface area (Å²) in [5.74, 6) is -1.06. The van der Waals surface area contributed by atoms with Crippen LogP contribution in [0.1, 0.15) is 50.1 Å². The number of aromatic nitrogens is 1. The van der Waals surface area contributed by atoms with Crippen LogP contribution in [0.25, 0.3) is 11.3 Å². The van der Waals surface area contributed by atoms with Gasteiger partial charge >= 0.3 is 6.18 Å². The van der Waals surface area contributed by atoms with Crippen LogP contribution in [0.2, 0.25) is 0 Å². The van der Waals surface area contributed by atoms with Crippen LogP contribution in [0.15, 0.2) is 18.2 Å². The molecule has 0 unspecified atom stereocenters. The van der Waals surface area contributed by atoms with Gasteiger partial charge in [0, 0.05) is 29.1 Å². The zero-order valence-corrected chi connectivity index (χ0v) is 17.3. The predicted octanol–water partition coefficient (Wildman–Crippen LogP) is 5.72. The van der Waals surface area contributed by atoms with Crippen molar-refractivity contribution < 1.29 is 22.4 Å². The minimum atomic E-state index is -4.66. The molecule has 0 N–H and O–H groups in total. The van der Waals surface area contributed by atoms with Crippen molar-refractivity contribution in [1.82, 2.24) is 9.88 Å². The monoisotopic (exact) mass is 416 g/mol. The fourth-order valence-corrected chi connectivity index (χ4v) is 4.21. The number of benzene rings is 1. The van der Waals surface area contributed by atoms with Gasteiger partial charge in [-0.3, -0.25) is 9.69 Å². The van der Waals surface area contributed by atoms with E-state index in [2.05, 4.69) is 9.88 Å². The fraction of sp³-hybridized carbons (Fsp3) is 0.500. The van der Waals surface area contributed by atoms with Gasteiger partial charge in [-0.25, -0.2) is 9.37 Å². The van der Waals surface area contributed by atoms with Crippen LogP contribution in [0, 0.1) is 5.82 Å². The number of halogens is 4. The molecule has 1 aromatic carbocycles. The van der Waals surface area contributed by atoms with Gasteiger partial charge in [-0.1, -0.05) is 0 Å². The maximum Gasteiger partial charge on any atom is 0.416 e. The van der Waals surface area contributed by atoms with Crippen molar-refractivity contribution in [2.45, 2.75) is 65.8 Å². The Morgan fingerprint density at radius 3 is 2.25 bits per heavy atom. The smallest absolute Gasteiger partial charge is 0.300 e. The van der Waals surface area contributed by atoms with E-state index in [9.17, 15) is 22.4 Å². The van der Waals surface area contributed by atoms with Crippen LogP contribution >= 0.6 is 11.3 Å². The third-order valence-corrected chi connectivity index (χ3v) is 5.33. The standard InChI is InChI=1S/C20H24F4N2OS/c1-11(2)26(12(3)4)10-17-19(25-18(28-17)6-13(5)27)14-7-15(20(22,23)24)9-16(21)8-14/h7-9,11-12H,6,10H2,1-5H3. The average molecular weight is 416 g/mol. The molecule has 0 bridgehead atoms. The van der Waals surface area contributed by atoms with Gasteiger partial charge in [0.15, 0.2) is 0 Å². The van der Waals surface area contributed by atoms with E-state index in [1.54, 1.807) is 0 Å². The molecule has 0 saturated heterocycles. The lowest BCUT2D eigenvalue weighted by Crippen LogP contribution is -2.36. The molecule has 0 aliphatic carbocycles. The molecule has 1 aromatic heterocycles. The second-order valence-electron chi connectivity index (χ2n) is 7.34. The van der Waals surface area contributed by atoms with E-state index in [0.717, 1.165) is 17.0 Å². The quantitative estimate of drug-likeness (QED) is 0.542. The van der Waals surface area contributed by atoms with E-state index in [4.69, 9.17) is 0 Å². The molecular weight excluding hydrogens is 392 g/mol. The van der Waals surface area contributed by atoms with Crippen molar-refractivity contribution >= 4 is 17.1 Å². The van der Waals surface area contributed by atoms with Gasteiger partial charge in [0.1, 0.15) is 16.6 Å². The van der Waals surface area contributed by atoms with Crippen molar-refractivity contribution in [2.75, 3.05) is 0 Å². The number of thiazole rings is 1. The number of rotatable bonds is 7. The first kappa shape index (κ1) is 22.5. The first-order valence-electron chi connectivity index (χ1n) is 9.00. The summed E-state index contributed by atoms with van der Waals surface area (Å²) < 4.78 is 53.3. The van der Waals surface area contributed by atoms with Crippen LogP contribution in [0.4, 0.5) is 17.6 Å². The summed E-state index contributed by atoms with van der Waals surface area (Å²) in [6.45, 7) is 10.0. The molecule has 2 aromatic rings. The van der Waals surface area contributed by atoms with Crippen LogP contribution in [-0.2, 0) is 23.9 Å². The van der Waals surface area contributed by atoms with Crippen LogP contribution in [-0.4, -0.2) is 27.8 Å². The minimum absolute atomic E-state index is 0.0702. The Kier molecular flexibility index (Phi) is 6.98. The maximum atomic E-state index is 13.9. The summed E-state index contributed by atoms with van der Waals surface area (Å²) in [4.78, 5) is 18.8. The van der Waals surface area contributed by atoms with Gasteiger partial charge < -0.3 is 0 Å². The highest BCUT2D eigenvalue weighted by molar-refractivity contribution is 7.12. The molecule has 8 heteroatoms. The third kappa shape index (κ3) is 5.61. The second-order valence-corrected chi connectivity index (χ2v) is 8.51. The molecule has 0 fully saturated rings. The van der Waals surface area contributed by atoms with Crippen LogP contribution in [0.5, 0.6) is 0 Å². The lowest BCUT2D eigenvalue weighted by Gasteiger charge is -2.30. The van der Waals surface area contributed by atoms with Crippen LogP contribution in [0.3, 0.4) is 0 Å². The Bertz CT molecular complexity index is 835. The number of Topliss-reactive ketones (excluding diaryl/α,β-unsaturated/α-hetero) is 1. The van der Waals surface area contributed by atoms with E-state index in [-0.39, 0.29) is 29.9 Å². The molecular formula is C20H24F4N2OS. The molecule has 1 heterocycles. The van der Waals surface area contributed by atoms with E-state index >= 15 is 0 Å². The number of hydrogen-bond acceptors (Lipinski definition) is 4. The topological polar surface area (TPSA) is 33.2 Å². The third-order valence-electron chi connectivity index (χ3n) is 4.29. The van der Waals surface area contributed by atoms with Crippen LogP contribution < -0.4 is 0 Å². The zero-order valence-electron chi connectivity index (χ0n) is 16.5. The molecule has 28 heavy (non-hydrogen) atoms. The minimum Gasteiger partial charge on any atom is -0.300 e. The van der Waals surface area contributed by atoms with Crippen molar-refractivity contribution in [3.63, 3.8) is 0 Å². The summed E-state index contributed by atoms with van der Waals surface area (Å²) >= 11 is 1.29. The largest absolute Gasteiger partial charge is 0.416 e. The Hall–Kier alpha value is -1.80. The Balaban J connectivity index is 2.57. The Labute approximate surface area is 166 Å². The van der Waals surface area contributed by atoms with Crippen molar-refractivity contribution in [3.8, 4) is 11.3 Å². The van der Waals surface area contributed by atoms with Gasteiger partial charge in [0.05, 0.1) is 17.7 Å². The number of carbonyl (C=O) groups excluding carboxylic acids is 1. The molecule has 0 radical (unpaired) electrons. The molecule has 0 spiro atoms. The normalized spacial score (nSPS) is 12.4. The van der Waals surface area contributed by atoms with E-state index in [1.807, 2.05) is 27.7 Å². The molecule has 0 atom stereocenters. The fourth-order valence-electron chi connectivity index (χ4n) is 3.04. The first-order valence-corrected chi connectivity index (χ1v) is 9.82. The van der Waals surface area contributed by atoms with Gasteiger partial charge in [-0.05, 0) is 52.8 Å². The molecule has 0 amide bonds. The Morgan fingerprint density at radius 2 is 1.75 bits per heavy atom. The average Bonchev–Trinajstić information content (AvgIpc) is 2.92. The van der Waals surface area contributed by atoms with Crippen molar-refractivity contribution in [1.29, 1.82) is 0 Å². The number of hydrogen-bond donors (Lipinski definition) is 0. The van der Waals surface area contributed by atoms with Gasteiger partial charge in [0.2, 0.25) is 0 Å². The summed E-state index contributed by atoms with van der Waals surface area (Å²) in [5, 5.41) is 0.516. The molecule has 0 saturated carbocycles. The lowest BCUT2D eigenvalue weighted by molar-refractivity contribution is -0.137. The molecule has 3 nitrogen and oxygen atoms in total. The predicted molar refractivity (Wildman–Crippen MR) is 103 cm³/mol. The highest BCUT2D eigenvalue weighted by atomic mass is 32.1. The SMILES string of the molecule is CC(=O)Cc1nc(-c2cc(F)cc(C(F)(F)F)c2)c(CN(C(C)C)C(C)C)s1. The summed E-state index contributed by atoms with van der Waals surface area (Å²) in [6.07, 6.45) is -4.56. The zero-order chi connectivity index (χ0) is 21.2.